The van der Waals surface area contributed by atoms with Gasteiger partial charge in [-0.1, -0.05) is 18.6 Å². The molecular weight excluding hydrogens is 342 g/mol. The number of aryl methyl sites for hydroxylation is 1. The SMILES string of the molecule is Cn1nc(CO)nc1NCCCCOc1cccc(CN2CCCCC2)c1. The van der Waals surface area contributed by atoms with Gasteiger partial charge in [-0.2, -0.15) is 10.1 Å². The van der Waals surface area contributed by atoms with Crippen LogP contribution in [0.3, 0.4) is 0 Å². The van der Waals surface area contributed by atoms with E-state index in [4.69, 9.17) is 9.84 Å². The zero-order chi connectivity index (χ0) is 18.9. The molecule has 1 fully saturated rings. The van der Waals surface area contributed by atoms with E-state index in [-0.39, 0.29) is 6.61 Å². The van der Waals surface area contributed by atoms with E-state index in [0.29, 0.717) is 18.4 Å². The number of hydrogen-bond donors (Lipinski definition) is 2. The lowest BCUT2D eigenvalue weighted by molar-refractivity contribution is 0.220. The molecule has 0 unspecified atom stereocenters. The van der Waals surface area contributed by atoms with Crippen molar-refractivity contribution in [2.45, 2.75) is 45.3 Å². The number of piperidine rings is 1. The van der Waals surface area contributed by atoms with Gasteiger partial charge in [0.05, 0.1) is 6.61 Å². The summed E-state index contributed by atoms with van der Waals surface area (Å²) in [4.78, 5) is 6.74. The average Bonchev–Trinajstić information content (AvgIpc) is 3.05. The smallest absolute Gasteiger partial charge is 0.221 e. The van der Waals surface area contributed by atoms with Gasteiger partial charge in [0.15, 0.2) is 5.82 Å². The number of aromatic nitrogens is 3. The Morgan fingerprint density at radius 2 is 2.04 bits per heavy atom. The van der Waals surface area contributed by atoms with Crippen molar-refractivity contribution in [2.24, 2.45) is 7.05 Å². The maximum absolute atomic E-state index is 9.05. The van der Waals surface area contributed by atoms with Gasteiger partial charge in [0, 0.05) is 20.1 Å². The van der Waals surface area contributed by atoms with Gasteiger partial charge >= 0.3 is 0 Å². The summed E-state index contributed by atoms with van der Waals surface area (Å²) in [6, 6.07) is 8.48. The average molecular weight is 374 g/mol. The lowest BCUT2D eigenvalue weighted by Gasteiger charge is -2.26. The molecule has 0 spiro atoms. The number of aliphatic hydroxyl groups excluding tert-OH is 1. The van der Waals surface area contributed by atoms with Crippen LogP contribution < -0.4 is 10.1 Å². The quantitative estimate of drug-likeness (QED) is 0.624. The van der Waals surface area contributed by atoms with Gasteiger partial charge in [0.25, 0.3) is 0 Å². The molecule has 27 heavy (non-hydrogen) atoms. The number of benzene rings is 1. The minimum atomic E-state index is -0.139. The van der Waals surface area contributed by atoms with Crippen LogP contribution in [0.1, 0.15) is 43.5 Å². The molecule has 0 amide bonds. The molecule has 148 valence electrons. The van der Waals surface area contributed by atoms with Crippen LogP contribution in [-0.2, 0) is 20.2 Å². The summed E-state index contributed by atoms with van der Waals surface area (Å²) in [5.74, 6) is 2.08. The number of nitrogens with one attached hydrogen (secondary N) is 1. The molecule has 0 saturated carbocycles. The summed E-state index contributed by atoms with van der Waals surface area (Å²) in [6.07, 6.45) is 5.95. The van der Waals surface area contributed by atoms with Crippen LogP contribution in [0.25, 0.3) is 0 Å². The maximum Gasteiger partial charge on any atom is 0.221 e. The summed E-state index contributed by atoms with van der Waals surface area (Å²) in [5.41, 5.74) is 1.33. The van der Waals surface area contributed by atoms with Crippen LogP contribution in [0, 0.1) is 0 Å². The first-order valence-corrected chi connectivity index (χ1v) is 9.93. The summed E-state index contributed by atoms with van der Waals surface area (Å²) >= 11 is 0. The molecule has 1 aromatic carbocycles. The zero-order valence-corrected chi connectivity index (χ0v) is 16.2. The van der Waals surface area contributed by atoms with Gasteiger partial charge in [0.2, 0.25) is 5.95 Å². The summed E-state index contributed by atoms with van der Waals surface area (Å²) in [5, 5.41) is 16.4. The first-order valence-electron chi connectivity index (χ1n) is 9.93. The number of hydrogen-bond acceptors (Lipinski definition) is 6. The van der Waals surface area contributed by atoms with E-state index in [1.165, 1.54) is 37.9 Å². The zero-order valence-electron chi connectivity index (χ0n) is 16.2. The van der Waals surface area contributed by atoms with Crippen molar-refractivity contribution in [3.63, 3.8) is 0 Å². The number of anilines is 1. The van der Waals surface area contributed by atoms with Crippen molar-refractivity contribution < 1.29 is 9.84 Å². The Bertz CT molecular complexity index is 697. The monoisotopic (exact) mass is 373 g/mol. The van der Waals surface area contributed by atoms with Gasteiger partial charge in [-0.05, 0) is 56.5 Å². The minimum absolute atomic E-state index is 0.139. The predicted molar refractivity (Wildman–Crippen MR) is 106 cm³/mol. The number of aliphatic hydroxyl groups is 1. The number of ether oxygens (including phenoxy) is 1. The Hall–Kier alpha value is -2.12. The number of likely N-dealkylation sites (tertiary alicyclic amines) is 1. The molecule has 1 saturated heterocycles. The normalized spacial score (nSPS) is 15.0. The highest BCUT2D eigenvalue weighted by Gasteiger charge is 2.10. The highest BCUT2D eigenvalue weighted by atomic mass is 16.5. The van der Waals surface area contributed by atoms with Gasteiger partial charge < -0.3 is 15.2 Å². The van der Waals surface area contributed by atoms with Crippen molar-refractivity contribution in [3.8, 4) is 5.75 Å². The van der Waals surface area contributed by atoms with Crippen LogP contribution >= 0.6 is 0 Å². The standard InChI is InChI=1S/C20H31N5O2/c1-24-20(22-19(16-26)23-24)21-10-3-6-13-27-18-9-7-8-17(14-18)15-25-11-4-2-5-12-25/h7-9,14,26H,2-6,10-13,15-16H2,1H3,(H,21,22,23). The molecule has 0 bridgehead atoms. The van der Waals surface area contributed by atoms with Gasteiger partial charge in [-0.25, -0.2) is 4.68 Å². The van der Waals surface area contributed by atoms with Crippen molar-refractivity contribution in [3.05, 3.63) is 35.7 Å². The Morgan fingerprint density at radius 1 is 1.19 bits per heavy atom. The highest BCUT2D eigenvalue weighted by Crippen LogP contribution is 2.18. The van der Waals surface area contributed by atoms with E-state index < -0.39 is 0 Å². The molecule has 1 aromatic heterocycles. The molecule has 7 heteroatoms. The lowest BCUT2D eigenvalue weighted by atomic mass is 10.1. The Labute approximate surface area is 161 Å². The van der Waals surface area contributed by atoms with E-state index in [9.17, 15) is 0 Å². The molecule has 2 heterocycles. The van der Waals surface area contributed by atoms with Crippen molar-refractivity contribution >= 4 is 5.95 Å². The Balaban J connectivity index is 1.34. The van der Waals surface area contributed by atoms with E-state index in [1.54, 1.807) is 4.68 Å². The first-order chi connectivity index (χ1) is 13.2. The molecule has 0 radical (unpaired) electrons. The van der Waals surface area contributed by atoms with Crippen LogP contribution in [-0.4, -0.2) is 51.0 Å². The fourth-order valence-corrected chi connectivity index (χ4v) is 3.39. The number of rotatable bonds is 10. The minimum Gasteiger partial charge on any atom is -0.494 e. The third-order valence-corrected chi connectivity index (χ3v) is 4.82. The van der Waals surface area contributed by atoms with Crippen LogP contribution in [0.4, 0.5) is 5.95 Å². The van der Waals surface area contributed by atoms with Gasteiger partial charge in [-0.15, -0.1) is 0 Å². The fraction of sp³-hybridized carbons (Fsp3) is 0.600. The van der Waals surface area contributed by atoms with Crippen molar-refractivity contribution in [2.75, 3.05) is 31.6 Å². The highest BCUT2D eigenvalue weighted by molar-refractivity contribution is 5.28. The van der Waals surface area contributed by atoms with Crippen LogP contribution in [0.5, 0.6) is 5.75 Å². The molecule has 0 aliphatic carbocycles. The van der Waals surface area contributed by atoms with E-state index >= 15 is 0 Å². The molecule has 0 atom stereocenters. The fourth-order valence-electron chi connectivity index (χ4n) is 3.39. The molecule has 1 aliphatic heterocycles. The molecule has 3 rings (SSSR count). The predicted octanol–water partition coefficient (Wildman–Crippen LogP) is 2.56. The van der Waals surface area contributed by atoms with Crippen LogP contribution in [0.2, 0.25) is 0 Å². The van der Waals surface area contributed by atoms with E-state index in [0.717, 1.165) is 31.7 Å². The molecule has 7 nitrogen and oxygen atoms in total. The molecular formula is C20H31N5O2. The first kappa shape index (κ1) is 19.6. The van der Waals surface area contributed by atoms with E-state index in [2.05, 4.69) is 38.5 Å². The van der Waals surface area contributed by atoms with Gasteiger partial charge in [-0.3, -0.25) is 4.90 Å². The summed E-state index contributed by atoms with van der Waals surface area (Å²) < 4.78 is 7.57. The number of nitrogens with zero attached hydrogens (tertiary/aromatic N) is 4. The third kappa shape index (κ3) is 6.22. The lowest BCUT2D eigenvalue weighted by Crippen LogP contribution is -2.29. The van der Waals surface area contributed by atoms with Crippen molar-refractivity contribution in [1.29, 1.82) is 0 Å². The third-order valence-electron chi connectivity index (χ3n) is 4.82. The maximum atomic E-state index is 9.05. The second-order valence-electron chi connectivity index (χ2n) is 7.10. The summed E-state index contributed by atoms with van der Waals surface area (Å²) in [6.45, 7) is 4.81. The second-order valence-corrected chi connectivity index (χ2v) is 7.10. The van der Waals surface area contributed by atoms with Crippen molar-refractivity contribution in [1.82, 2.24) is 19.7 Å². The Kier molecular flexibility index (Phi) is 7.47. The molecule has 2 aromatic rings. The molecule has 2 N–H and O–H groups in total. The second kappa shape index (κ2) is 10.3. The molecule has 1 aliphatic rings. The summed E-state index contributed by atoms with van der Waals surface area (Å²) in [7, 11) is 1.81. The Morgan fingerprint density at radius 3 is 2.81 bits per heavy atom. The van der Waals surface area contributed by atoms with Gasteiger partial charge in [0.1, 0.15) is 12.4 Å². The van der Waals surface area contributed by atoms with E-state index in [1.807, 2.05) is 13.1 Å². The topological polar surface area (TPSA) is 75.4 Å². The number of unbranched alkanes of at least 4 members (excludes halogenated alkanes) is 1. The largest absolute Gasteiger partial charge is 0.494 e. The van der Waals surface area contributed by atoms with Crippen LogP contribution in [0.15, 0.2) is 24.3 Å².